The SMILES string of the molecule is CC(C)(C)CCC(=O)C(=O)CC(=O)OCl. The van der Waals surface area contributed by atoms with Gasteiger partial charge in [-0.15, -0.1) is 0 Å². The Morgan fingerprint density at radius 1 is 1.13 bits per heavy atom. The van der Waals surface area contributed by atoms with Gasteiger partial charge in [-0.2, -0.15) is 0 Å². The van der Waals surface area contributed by atoms with E-state index < -0.39 is 24.0 Å². The third-order valence-corrected chi connectivity index (χ3v) is 1.98. The molecule has 0 aromatic heterocycles. The van der Waals surface area contributed by atoms with Gasteiger partial charge < -0.3 is 4.29 Å². The standard InChI is InChI=1S/C10H15ClO4/c1-10(2,3)5-4-7(12)8(13)6-9(14)15-11/h4-6H2,1-3H3. The summed E-state index contributed by atoms with van der Waals surface area (Å²) in [6.07, 6.45) is 0.178. The van der Waals surface area contributed by atoms with Gasteiger partial charge in [-0.25, -0.2) is 0 Å². The van der Waals surface area contributed by atoms with Crippen molar-refractivity contribution in [3.63, 3.8) is 0 Å². The van der Waals surface area contributed by atoms with Crippen molar-refractivity contribution >= 4 is 29.4 Å². The molecule has 0 aliphatic heterocycles. The first-order chi connectivity index (χ1) is 6.76. The van der Waals surface area contributed by atoms with Crippen LogP contribution in [0.2, 0.25) is 0 Å². The van der Waals surface area contributed by atoms with E-state index in [1.54, 1.807) is 0 Å². The largest absolute Gasteiger partial charge is 0.347 e. The molecule has 0 atom stereocenters. The number of hydrogen-bond donors (Lipinski definition) is 0. The lowest BCUT2D eigenvalue weighted by molar-refractivity contribution is -0.143. The summed E-state index contributed by atoms with van der Waals surface area (Å²) in [5.74, 6) is -2.19. The van der Waals surface area contributed by atoms with E-state index in [-0.39, 0.29) is 11.8 Å². The van der Waals surface area contributed by atoms with E-state index in [9.17, 15) is 14.4 Å². The summed E-state index contributed by atoms with van der Waals surface area (Å²) < 4.78 is 3.78. The van der Waals surface area contributed by atoms with Gasteiger partial charge in [0.1, 0.15) is 18.3 Å². The van der Waals surface area contributed by atoms with Crippen LogP contribution in [0.25, 0.3) is 0 Å². The number of rotatable bonds is 5. The van der Waals surface area contributed by atoms with Gasteiger partial charge in [0.05, 0.1) is 0 Å². The summed E-state index contributed by atoms with van der Waals surface area (Å²) in [5, 5.41) is 0. The Hall–Kier alpha value is -0.900. The molecule has 4 nitrogen and oxygen atoms in total. The van der Waals surface area contributed by atoms with Gasteiger partial charge in [0, 0.05) is 6.42 Å². The minimum Gasteiger partial charge on any atom is -0.347 e. The molecule has 0 spiro atoms. The highest BCUT2D eigenvalue weighted by Gasteiger charge is 2.20. The van der Waals surface area contributed by atoms with Gasteiger partial charge in [-0.3, -0.25) is 14.4 Å². The third-order valence-electron chi connectivity index (χ3n) is 1.80. The van der Waals surface area contributed by atoms with Crippen molar-refractivity contribution in [3.8, 4) is 0 Å². The number of ketones is 2. The lowest BCUT2D eigenvalue weighted by Crippen LogP contribution is -2.19. The normalized spacial score (nSPS) is 10.9. The molecule has 15 heavy (non-hydrogen) atoms. The molecule has 0 aliphatic rings. The zero-order valence-corrected chi connectivity index (χ0v) is 9.89. The van der Waals surface area contributed by atoms with Crippen molar-refractivity contribution in [2.45, 2.75) is 40.0 Å². The average Bonchev–Trinajstić information content (AvgIpc) is 2.12. The molecule has 0 unspecified atom stereocenters. The van der Waals surface area contributed by atoms with Crippen LogP contribution in [0.1, 0.15) is 40.0 Å². The molecule has 0 bridgehead atoms. The molecule has 0 amide bonds. The smallest absolute Gasteiger partial charge is 0.332 e. The second-order valence-electron chi connectivity index (χ2n) is 4.53. The van der Waals surface area contributed by atoms with Crippen molar-refractivity contribution in [2.24, 2.45) is 5.41 Å². The van der Waals surface area contributed by atoms with Crippen molar-refractivity contribution in [1.29, 1.82) is 0 Å². The number of carbonyl (C=O) groups excluding carboxylic acids is 3. The number of Topliss-reactive ketones (excluding diaryl/α,β-unsaturated/α-hetero) is 2. The zero-order valence-electron chi connectivity index (χ0n) is 9.13. The number of hydrogen-bond acceptors (Lipinski definition) is 4. The summed E-state index contributed by atoms with van der Waals surface area (Å²) in [6, 6.07) is 0. The van der Waals surface area contributed by atoms with E-state index in [0.29, 0.717) is 6.42 Å². The van der Waals surface area contributed by atoms with Gasteiger partial charge in [0.15, 0.2) is 5.78 Å². The lowest BCUT2D eigenvalue weighted by atomic mass is 9.89. The Kier molecular flexibility index (Phi) is 5.50. The fourth-order valence-electron chi connectivity index (χ4n) is 0.885. The topological polar surface area (TPSA) is 60.4 Å². The fourth-order valence-corrected chi connectivity index (χ4v) is 0.939. The first kappa shape index (κ1) is 14.1. The van der Waals surface area contributed by atoms with Crippen LogP contribution in [-0.2, 0) is 18.7 Å². The van der Waals surface area contributed by atoms with E-state index in [1.165, 1.54) is 0 Å². The highest BCUT2D eigenvalue weighted by atomic mass is 35.5. The predicted molar refractivity (Wildman–Crippen MR) is 55.3 cm³/mol. The second kappa shape index (κ2) is 5.85. The summed E-state index contributed by atoms with van der Waals surface area (Å²) in [5.41, 5.74) is -0.0110. The maximum atomic E-state index is 11.2. The van der Waals surface area contributed by atoms with E-state index in [0.717, 1.165) is 0 Å². The van der Waals surface area contributed by atoms with Gasteiger partial charge in [0.2, 0.25) is 5.78 Å². The molecule has 0 rings (SSSR count). The molecule has 0 N–H and O–H groups in total. The number of halogens is 1. The molecule has 0 fully saturated rings. The summed E-state index contributed by atoms with van der Waals surface area (Å²) in [7, 11) is 0. The first-order valence-corrected chi connectivity index (χ1v) is 4.94. The van der Waals surface area contributed by atoms with Crippen LogP contribution >= 0.6 is 11.9 Å². The maximum absolute atomic E-state index is 11.2. The van der Waals surface area contributed by atoms with Crippen LogP contribution in [0.5, 0.6) is 0 Å². The molecule has 0 aromatic carbocycles. The van der Waals surface area contributed by atoms with Gasteiger partial charge in [-0.05, 0) is 11.8 Å². The minimum absolute atomic E-state index is 0.0110. The van der Waals surface area contributed by atoms with E-state index >= 15 is 0 Å². The quantitative estimate of drug-likeness (QED) is 0.540. The third kappa shape index (κ3) is 7.08. The molecule has 0 radical (unpaired) electrons. The molecular weight excluding hydrogens is 220 g/mol. The Bertz CT molecular complexity index is 265. The zero-order chi connectivity index (χ0) is 12.1. The van der Waals surface area contributed by atoms with Crippen molar-refractivity contribution in [2.75, 3.05) is 0 Å². The van der Waals surface area contributed by atoms with E-state index in [4.69, 9.17) is 11.9 Å². The lowest BCUT2D eigenvalue weighted by Gasteiger charge is -2.16. The van der Waals surface area contributed by atoms with Crippen LogP contribution in [0.4, 0.5) is 0 Å². The van der Waals surface area contributed by atoms with Gasteiger partial charge >= 0.3 is 5.97 Å². The highest BCUT2D eigenvalue weighted by molar-refractivity contribution is 6.40. The molecule has 0 aliphatic carbocycles. The second-order valence-corrected chi connectivity index (χ2v) is 4.69. The van der Waals surface area contributed by atoms with Crippen LogP contribution < -0.4 is 0 Å². The van der Waals surface area contributed by atoms with Gasteiger partial charge in [-0.1, -0.05) is 20.8 Å². The molecule has 0 saturated carbocycles. The van der Waals surface area contributed by atoms with Crippen LogP contribution in [0.3, 0.4) is 0 Å². The summed E-state index contributed by atoms with van der Waals surface area (Å²) in [4.78, 5) is 33.0. The first-order valence-electron chi connectivity index (χ1n) is 4.64. The molecule has 0 heterocycles. The average molecular weight is 235 g/mol. The van der Waals surface area contributed by atoms with Gasteiger partial charge in [0.25, 0.3) is 0 Å². The fraction of sp³-hybridized carbons (Fsp3) is 0.700. The summed E-state index contributed by atoms with van der Waals surface area (Å²) in [6.45, 7) is 5.91. The van der Waals surface area contributed by atoms with Crippen molar-refractivity contribution in [3.05, 3.63) is 0 Å². The minimum atomic E-state index is -0.897. The van der Waals surface area contributed by atoms with E-state index in [2.05, 4.69) is 4.29 Å². The van der Waals surface area contributed by atoms with Crippen molar-refractivity contribution in [1.82, 2.24) is 0 Å². The molecule has 0 aromatic rings. The molecular formula is C10H15ClO4. The highest BCUT2D eigenvalue weighted by Crippen LogP contribution is 2.20. The Labute approximate surface area is 94.1 Å². The maximum Gasteiger partial charge on any atom is 0.332 e. The number of carbonyl (C=O) groups is 3. The summed E-state index contributed by atoms with van der Waals surface area (Å²) >= 11 is 4.74. The Balaban J connectivity index is 4.01. The van der Waals surface area contributed by atoms with Crippen LogP contribution in [0.15, 0.2) is 0 Å². The molecule has 86 valence electrons. The monoisotopic (exact) mass is 234 g/mol. The van der Waals surface area contributed by atoms with E-state index in [1.807, 2.05) is 20.8 Å². The molecule has 5 heteroatoms. The van der Waals surface area contributed by atoms with Crippen LogP contribution in [-0.4, -0.2) is 17.5 Å². The molecule has 0 saturated heterocycles. The Morgan fingerprint density at radius 3 is 2.07 bits per heavy atom. The van der Waals surface area contributed by atoms with Crippen LogP contribution in [0, 0.1) is 5.41 Å². The predicted octanol–water partition coefficient (Wildman–Crippen LogP) is 2.04. The Morgan fingerprint density at radius 2 is 1.67 bits per heavy atom. The van der Waals surface area contributed by atoms with Crippen molar-refractivity contribution < 1.29 is 18.7 Å².